The van der Waals surface area contributed by atoms with Crippen LogP contribution < -0.4 is 5.73 Å². The van der Waals surface area contributed by atoms with Gasteiger partial charge in [0.2, 0.25) is 0 Å². The topological polar surface area (TPSA) is 138 Å². The fraction of sp³-hybridized carbons (Fsp3) is 0.889. The second-order valence-corrected chi connectivity index (χ2v) is 7.89. The summed E-state index contributed by atoms with van der Waals surface area (Å²) in [4.78, 5) is 11.5. The van der Waals surface area contributed by atoms with E-state index in [1.54, 1.807) is 14.1 Å². The van der Waals surface area contributed by atoms with Gasteiger partial charge in [-0.05, 0) is 0 Å². The average molecular weight is 314 g/mol. The largest absolute Gasteiger partial charge is 0.772 e. The summed E-state index contributed by atoms with van der Waals surface area (Å²) in [7, 11) is -0.877. The SMILES string of the molecule is C[N+]1(C)CC(CS(=O)(=O)O)C(CS(=O)[O-])C1C(N)=O. The number of hydrogen-bond acceptors (Lipinski definition) is 5. The Bertz CT molecular complexity index is 489. The van der Waals surface area contributed by atoms with E-state index in [2.05, 4.69) is 0 Å². The van der Waals surface area contributed by atoms with Crippen molar-refractivity contribution >= 4 is 27.1 Å². The molecule has 0 aromatic carbocycles. The van der Waals surface area contributed by atoms with Gasteiger partial charge in [0.05, 0.1) is 26.4 Å². The third-order valence-electron chi connectivity index (χ3n) is 3.51. The number of quaternary nitrogens is 1. The van der Waals surface area contributed by atoms with Gasteiger partial charge >= 0.3 is 0 Å². The molecule has 0 spiro atoms. The predicted molar refractivity (Wildman–Crippen MR) is 67.1 cm³/mol. The van der Waals surface area contributed by atoms with E-state index in [0.717, 1.165) is 0 Å². The highest BCUT2D eigenvalue weighted by Gasteiger charge is 2.53. The second-order valence-electron chi connectivity index (χ2n) is 5.45. The Morgan fingerprint density at radius 1 is 1.53 bits per heavy atom. The molecule has 0 saturated carbocycles. The Balaban J connectivity index is 3.10. The van der Waals surface area contributed by atoms with Crippen molar-refractivity contribution in [3.05, 3.63) is 0 Å². The molecule has 1 fully saturated rings. The lowest BCUT2D eigenvalue weighted by atomic mass is 9.93. The summed E-state index contributed by atoms with van der Waals surface area (Å²) in [5.74, 6) is -2.93. The summed E-state index contributed by atoms with van der Waals surface area (Å²) in [5.41, 5.74) is 5.30. The molecule has 0 aromatic heterocycles. The summed E-state index contributed by atoms with van der Waals surface area (Å²) in [5, 5.41) is 0. The van der Waals surface area contributed by atoms with Crippen molar-refractivity contribution in [2.45, 2.75) is 6.04 Å². The third-order valence-corrected chi connectivity index (χ3v) is 5.02. The summed E-state index contributed by atoms with van der Waals surface area (Å²) < 4.78 is 52.7. The van der Waals surface area contributed by atoms with Crippen LogP contribution >= 0.6 is 0 Å². The Morgan fingerprint density at radius 2 is 2.05 bits per heavy atom. The molecule has 1 aliphatic rings. The fourth-order valence-corrected chi connectivity index (χ4v) is 4.68. The van der Waals surface area contributed by atoms with E-state index < -0.39 is 50.7 Å². The molecule has 19 heavy (non-hydrogen) atoms. The van der Waals surface area contributed by atoms with E-state index in [1.165, 1.54) is 0 Å². The van der Waals surface area contributed by atoms with Gasteiger partial charge in [0.25, 0.3) is 16.0 Å². The van der Waals surface area contributed by atoms with Crippen molar-refractivity contribution in [3.63, 3.8) is 0 Å². The molecule has 4 unspecified atom stereocenters. The minimum atomic E-state index is -4.24. The molecule has 112 valence electrons. The first-order chi connectivity index (χ1) is 8.44. The minimum absolute atomic E-state index is 0.109. The average Bonchev–Trinajstić information content (AvgIpc) is 2.32. The van der Waals surface area contributed by atoms with Crippen molar-refractivity contribution in [2.75, 3.05) is 32.1 Å². The highest BCUT2D eigenvalue weighted by molar-refractivity contribution is 7.85. The number of hydrogen-bond donors (Lipinski definition) is 2. The normalized spacial score (nSPS) is 32.1. The zero-order valence-electron chi connectivity index (χ0n) is 10.7. The van der Waals surface area contributed by atoms with Gasteiger partial charge < -0.3 is 14.8 Å². The number of nitrogens with two attached hydrogens (primary N) is 1. The molecule has 0 radical (unpaired) electrons. The molecule has 10 heteroatoms. The van der Waals surface area contributed by atoms with E-state index in [4.69, 9.17) is 10.3 Å². The maximum atomic E-state index is 11.5. The Kier molecular flexibility index (Phi) is 4.73. The first kappa shape index (κ1) is 16.5. The van der Waals surface area contributed by atoms with Gasteiger partial charge in [-0.2, -0.15) is 8.42 Å². The van der Waals surface area contributed by atoms with Crippen LogP contribution in [0.25, 0.3) is 0 Å². The molecular formula is C9H18N2O6S2. The molecule has 1 aliphatic heterocycles. The molecule has 8 nitrogen and oxygen atoms in total. The summed E-state index contributed by atoms with van der Waals surface area (Å²) in [6.45, 7) is 0.259. The van der Waals surface area contributed by atoms with Crippen molar-refractivity contribution in [1.82, 2.24) is 0 Å². The number of primary amides is 1. The minimum Gasteiger partial charge on any atom is -0.772 e. The lowest BCUT2D eigenvalue weighted by Crippen LogP contribution is -2.53. The number of likely N-dealkylation sites (N-methyl/N-ethyl adjacent to an activating group) is 1. The van der Waals surface area contributed by atoms with Crippen molar-refractivity contribution in [2.24, 2.45) is 17.6 Å². The van der Waals surface area contributed by atoms with E-state index >= 15 is 0 Å². The zero-order chi connectivity index (χ0) is 15.0. The van der Waals surface area contributed by atoms with Crippen LogP contribution in [0, 0.1) is 11.8 Å². The van der Waals surface area contributed by atoms with Gasteiger partial charge in [-0.3, -0.25) is 13.6 Å². The first-order valence-electron chi connectivity index (χ1n) is 5.57. The highest BCUT2D eigenvalue weighted by Crippen LogP contribution is 2.34. The van der Waals surface area contributed by atoms with Crippen molar-refractivity contribution in [1.29, 1.82) is 0 Å². The lowest BCUT2D eigenvalue weighted by molar-refractivity contribution is -0.895. The summed E-state index contributed by atoms with van der Waals surface area (Å²) in [6, 6.07) is -0.787. The quantitative estimate of drug-likeness (QED) is 0.340. The van der Waals surface area contributed by atoms with E-state index in [1.807, 2.05) is 0 Å². The van der Waals surface area contributed by atoms with Gasteiger partial charge in [0.1, 0.15) is 0 Å². The van der Waals surface area contributed by atoms with Crippen LogP contribution in [0.4, 0.5) is 0 Å². The van der Waals surface area contributed by atoms with Crippen LogP contribution in [0.1, 0.15) is 0 Å². The van der Waals surface area contributed by atoms with E-state index in [0.29, 0.717) is 0 Å². The van der Waals surface area contributed by atoms with Gasteiger partial charge in [0, 0.05) is 17.6 Å². The summed E-state index contributed by atoms with van der Waals surface area (Å²) >= 11 is -2.42. The number of carbonyl (C=O) groups excluding carboxylic acids is 1. The number of amides is 1. The fourth-order valence-electron chi connectivity index (χ4n) is 3.02. The predicted octanol–water partition coefficient (Wildman–Crippen LogP) is -2.07. The summed E-state index contributed by atoms with van der Waals surface area (Å²) in [6.07, 6.45) is 0. The second kappa shape index (κ2) is 5.44. The number of likely N-dealkylation sites (tertiary alicyclic amines) is 1. The lowest BCUT2D eigenvalue weighted by Gasteiger charge is -2.31. The molecule has 4 atom stereocenters. The molecule has 1 rings (SSSR count). The van der Waals surface area contributed by atoms with Crippen LogP contribution in [0.3, 0.4) is 0 Å². The van der Waals surface area contributed by atoms with E-state index in [-0.39, 0.29) is 16.8 Å². The Hall–Kier alpha value is -0.550. The zero-order valence-corrected chi connectivity index (χ0v) is 12.3. The molecule has 0 aliphatic carbocycles. The van der Waals surface area contributed by atoms with Crippen LogP contribution in [-0.4, -0.2) is 70.3 Å². The molecule has 0 aromatic rings. The van der Waals surface area contributed by atoms with Crippen LogP contribution in [0.15, 0.2) is 0 Å². The van der Waals surface area contributed by atoms with Crippen molar-refractivity contribution in [3.8, 4) is 0 Å². The van der Waals surface area contributed by atoms with E-state index in [9.17, 15) is 22.0 Å². The first-order valence-corrected chi connectivity index (χ1v) is 8.42. The highest BCUT2D eigenvalue weighted by atomic mass is 32.2. The Labute approximate surface area is 114 Å². The molecule has 1 amide bonds. The monoisotopic (exact) mass is 314 g/mol. The maximum absolute atomic E-state index is 11.5. The Morgan fingerprint density at radius 3 is 2.42 bits per heavy atom. The molecule has 1 saturated heterocycles. The number of carbonyl (C=O) groups is 1. The van der Waals surface area contributed by atoms with Crippen LogP contribution in [0.2, 0.25) is 0 Å². The molecule has 1 heterocycles. The third kappa shape index (κ3) is 4.21. The standard InChI is InChI=1S/C9H18N2O6S2/c1-11(2)3-6(5-19(15,16)17)7(4-18(13)14)8(11)9(10)12/h6-8H,3-5H2,1-2H3,(H3-,10,12,13,14,15,16,17). The van der Waals surface area contributed by atoms with Gasteiger partial charge in [-0.25, -0.2) is 0 Å². The maximum Gasteiger partial charge on any atom is 0.276 e. The smallest absolute Gasteiger partial charge is 0.276 e. The molecule has 0 bridgehead atoms. The van der Waals surface area contributed by atoms with Gasteiger partial charge in [-0.15, -0.1) is 0 Å². The van der Waals surface area contributed by atoms with Crippen molar-refractivity contribution < 1.29 is 31.0 Å². The van der Waals surface area contributed by atoms with Crippen LogP contribution in [0.5, 0.6) is 0 Å². The number of nitrogens with zero attached hydrogens (tertiary/aromatic N) is 1. The van der Waals surface area contributed by atoms with Crippen LogP contribution in [-0.2, 0) is 26.0 Å². The van der Waals surface area contributed by atoms with Gasteiger partial charge in [-0.1, -0.05) is 11.1 Å². The van der Waals surface area contributed by atoms with Gasteiger partial charge in [0.15, 0.2) is 6.04 Å². The molecule has 3 N–H and O–H groups in total. The number of rotatable bonds is 5. The molecular weight excluding hydrogens is 296 g/mol.